The van der Waals surface area contributed by atoms with Crippen molar-refractivity contribution < 1.29 is 9.84 Å². The number of anilines is 1. The zero-order chi connectivity index (χ0) is 20.6. The minimum atomic E-state index is -0.744. The van der Waals surface area contributed by atoms with Gasteiger partial charge in [-0.25, -0.2) is 0 Å². The fourth-order valence-electron chi connectivity index (χ4n) is 4.47. The van der Waals surface area contributed by atoms with Gasteiger partial charge in [0.25, 0.3) is 0 Å². The second-order valence-electron chi connectivity index (χ2n) is 8.97. The molecular formula is C23H28Cl2N2O2. The Bertz CT molecular complexity index is 872. The first-order chi connectivity index (χ1) is 13.7. The third-order valence-electron chi connectivity index (χ3n) is 6.35. The molecule has 2 aromatic rings. The fraction of sp³-hybridized carbons (Fsp3) is 0.478. The van der Waals surface area contributed by atoms with E-state index in [-0.39, 0.29) is 11.5 Å². The Kier molecular flexibility index (Phi) is 5.73. The Morgan fingerprint density at radius 2 is 1.86 bits per heavy atom. The molecule has 0 aromatic heterocycles. The first kappa shape index (κ1) is 20.8. The smallest absolute Gasteiger partial charge is 0.143 e. The van der Waals surface area contributed by atoms with Crippen molar-refractivity contribution in [2.45, 2.75) is 38.4 Å². The number of nitrogens with zero attached hydrogens (tertiary/aromatic N) is 1. The summed E-state index contributed by atoms with van der Waals surface area (Å²) in [6.45, 7) is 7.57. The van der Waals surface area contributed by atoms with Gasteiger partial charge in [0.2, 0.25) is 0 Å². The quantitative estimate of drug-likeness (QED) is 0.719. The van der Waals surface area contributed by atoms with Crippen molar-refractivity contribution in [2.24, 2.45) is 5.41 Å². The van der Waals surface area contributed by atoms with E-state index in [0.29, 0.717) is 11.4 Å². The van der Waals surface area contributed by atoms with E-state index in [0.717, 1.165) is 54.6 Å². The average molecular weight is 435 g/mol. The van der Waals surface area contributed by atoms with Crippen molar-refractivity contribution >= 4 is 28.9 Å². The van der Waals surface area contributed by atoms with Crippen LogP contribution >= 0.6 is 23.2 Å². The Morgan fingerprint density at radius 3 is 2.59 bits per heavy atom. The van der Waals surface area contributed by atoms with Gasteiger partial charge in [0.15, 0.2) is 0 Å². The number of hydrogen-bond donors (Lipinski definition) is 2. The molecule has 0 amide bonds. The van der Waals surface area contributed by atoms with Crippen LogP contribution in [0.5, 0.6) is 5.75 Å². The summed E-state index contributed by atoms with van der Waals surface area (Å²) < 4.78 is 6.18. The van der Waals surface area contributed by atoms with E-state index in [4.69, 9.17) is 27.9 Å². The zero-order valence-corrected chi connectivity index (χ0v) is 18.4. The highest BCUT2D eigenvalue weighted by atomic mass is 35.5. The Balaban J connectivity index is 1.39. The molecule has 0 saturated carbocycles. The molecule has 0 bridgehead atoms. The van der Waals surface area contributed by atoms with Gasteiger partial charge >= 0.3 is 0 Å². The maximum Gasteiger partial charge on any atom is 0.143 e. The summed E-state index contributed by atoms with van der Waals surface area (Å²) in [5, 5.41) is 16.3. The minimum Gasteiger partial charge on any atom is -0.485 e. The molecule has 156 valence electrons. The number of ether oxygens (including phenoxy) is 1. The molecule has 6 heteroatoms. The van der Waals surface area contributed by atoms with Gasteiger partial charge in [-0.1, -0.05) is 49.2 Å². The summed E-state index contributed by atoms with van der Waals surface area (Å²) in [7, 11) is 0. The molecule has 0 aliphatic carbocycles. The molecule has 4 rings (SSSR count). The topological polar surface area (TPSA) is 44.7 Å². The molecule has 2 heterocycles. The molecular weight excluding hydrogens is 407 g/mol. The second kappa shape index (κ2) is 7.99. The van der Waals surface area contributed by atoms with Crippen LogP contribution in [0.15, 0.2) is 42.5 Å². The molecule has 4 nitrogen and oxygen atoms in total. The standard InChI is InChI=1S/C23H28Cl2N2O2/c1-22(2)15-27(10-9-23(22,28)12-16-3-5-17(24)6-4-16)14-19-13-26-20-11-18(25)7-8-21(20)29-19/h3-8,11,19,26,28H,9-10,12-15H2,1-2H3. The molecule has 2 aliphatic rings. The van der Waals surface area contributed by atoms with Crippen molar-refractivity contribution in [3.8, 4) is 5.75 Å². The number of nitrogens with one attached hydrogen (secondary N) is 1. The van der Waals surface area contributed by atoms with Crippen molar-refractivity contribution in [3.63, 3.8) is 0 Å². The molecule has 2 aliphatic heterocycles. The first-order valence-electron chi connectivity index (χ1n) is 10.1. The summed E-state index contributed by atoms with van der Waals surface area (Å²) in [6.07, 6.45) is 1.44. The van der Waals surface area contributed by atoms with Crippen LogP contribution in [0.3, 0.4) is 0 Å². The Morgan fingerprint density at radius 1 is 1.14 bits per heavy atom. The van der Waals surface area contributed by atoms with Gasteiger partial charge in [-0.3, -0.25) is 4.90 Å². The Hall–Kier alpha value is -1.46. The summed E-state index contributed by atoms with van der Waals surface area (Å²) in [5.74, 6) is 0.848. The monoisotopic (exact) mass is 434 g/mol. The van der Waals surface area contributed by atoms with Crippen molar-refractivity contribution in [3.05, 3.63) is 58.1 Å². The highest BCUT2D eigenvalue weighted by Crippen LogP contribution is 2.41. The maximum absolute atomic E-state index is 11.5. The lowest BCUT2D eigenvalue weighted by atomic mass is 9.67. The van der Waals surface area contributed by atoms with Crippen LogP contribution in [0, 0.1) is 5.41 Å². The highest BCUT2D eigenvalue weighted by molar-refractivity contribution is 6.31. The number of rotatable bonds is 4. The first-order valence-corrected chi connectivity index (χ1v) is 10.9. The number of piperidine rings is 1. The predicted octanol–water partition coefficient (Wildman–Crippen LogP) is 4.87. The van der Waals surface area contributed by atoms with E-state index in [9.17, 15) is 5.11 Å². The third-order valence-corrected chi connectivity index (χ3v) is 6.83. The van der Waals surface area contributed by atoms with Gasteiger partial charge in [-0.15, -0.1) is 0 Å². The predicted molar refractivity (Wildman–Crippen MR) is 119 cm³/mol. The second-order valence-corrected chi connectivity index (χ2v) is 9.84. The summed E-state index contributed by atoms with van der Waals surface area (Å²) in [4.78, 5) is 2.41. The highest BCUT2D eigenvalue weighted by Gasteiger charge is 2.47. The van der Waals surface area contributed by atoms with Crippen LogP contribution in [-0.2, 0) is 6.42 Å². The normalized spacial score (nSPS) is 26.3. The number of fused-ring (bicyclic) bond motifs is 1. The van der Waals surface area contributed by atoms with Crippen molar-refractivity contribution in [1.82, 2.24) is 4.90 Å². The molecule has 2 atom stereocenters. The fourth-order valence-corrected chi connectivity index (χ4v) is 4.77. The van der Waals surface area contributed by atoms with Crippen LogP contribution in [0.25, 0.3) is 0 Å². The Labute approximate surface area is 182 Å². The van der Waals surface area contributed by atoms with E-state index >= 15 is 0 Å². The SMILES string of the molecule is CC1(C)CN(CC2CNc3cc(Cl)ccc3O2)CCC1(O)Cc1ccc(Cl)cc1. The van der Waals surface area contributed by atoms with Crippen LogP contribution < -0.4 is 10.1 Å². The van der Waals surface area contributed by atoms with Gasteiger partial charge in [-0.2, -0.15) is 0 Å². The summed E-state index contributed by atoms with van der Waals surface area (Å²) in [5.41, 5.74) is 1.09. The van der Waals surface area contributed by atoms with Crippen LogP contribution in [0.1, 0.15) is 25.8 Å². The molecule has 2 aromatic carbocycles. The number of aliphatic hydroxyl groups is 1. The molecule has 1 fully saturated rings. The number of halogens is 2. The lowest BCUT2D eigenvalue weighted by molar-refractivity contribution is -0.121. The summed E-state index contributed by atoms with van der Waals surface area (Å²) in [6, 6.07) is 13.5. The number of likely N-dealkylation sites (tertiary alicyclic amines) is 1. The van der Waals surface area contributed by atoms with Gasteiger partial charge in [-0.05, 0) is 42.3 Å². The van der Waals surface area contributed by atoms with E-state index in [1.54, 1.807) is 0 Å². The van der Waals surface area contributed by atoms with Gasteiger partial charge < -0.3 is 15.2 Å². The van der Waals surface area contributed by atoms with E-state index < -0.39 is 5.60 Å². The van der Waals surface area contributed by atoms with E-state index in [1.165, 1.54) is 0 Å². The van der Waals surface area contributed by atoms with Gasteiger partial charge in [0.1, 0.15) is 11.9 Å². The minimum absolute atomic E-state index is 0.0712. The maximum atomic E-state index is 11.5. The van der Waals surface area contributed by atoms with Crippen LogP contribution in [0.4, 0.5) is 5.69 Å². The van der Waals surface area contributed by atoms with Gasteiger partial charge in [0.05, 0.1) is 17.8 Å². The lowest BCUT2D eigenvalue weighted by Gasteiger charge is -2.51. The van der Waals surface area contributed by atoms with Crippen LogP contribution in [-0.4, -0.2) is 47.9 Å². The molecule has 2 unspecified atom stereocenters. The summed E-state index contributed by atoms with van der Waals surface area (Å²) >= 11 is 12.1. The molecule has 0 radical (unpaired) electrons. The lowest BCUT2D eigenvalue weighted by Crippen LogP contribution is -2.59. The third kappa shape index (κ3) is 4.51. The zero-order valence-electron chi connectivity index (χ0n) is 16.9. The number of hydrogen-bond acceptors (Lipinski definition) is 4. The van der Waals surface area contributed by atoms with Crippen molar-refractivity contribution in [1.29, 1.82) is 0 Å². The van der Waals surface area contributed by atoms with Crippen LogP contribution in [0.2, 0.25) is 10.0 Å². The number of benzene rings is 2. The van der Waals surface area contributed by atoms with E-state index in [2.05, 4.69) is 24.1 Å². The molecule has 29 heavy (non-hydrogen) atoms. The molecule has 1 saturated heterocycles. The molecule has 0 spiro atoms. The van der Waals surface area contributed by atoms with Crippen molar-refractivity contribution in [2.75, 3.05) is 31.5 Å². The average Bonchev–Trinajstić information content (AvgIpc) is 2.67. The largest absolute Gasteiger partial charge is 0.485 e. The van der Waals surface area contributed by atoms with E-state index in [1.807, 2.05) is 42.5 Å². The molecule has 2 N–H and O–H groups in total. The van der Waals surface area contributed by atoms with Gasteiger partial charge in [0, 0.05) is 41.5 Å².